The zero-order chi connectivity index (χ0) is 79.8. The van der Waals surface area contributed by atoms with Gasteiger partial charge in [-0.1, -0.05) is 84.4 Å². The maximum absolute atomic E-state index is 12.6. The van der Waals surface area contributed by atoms with E-state index in [1.54, 1.807) is 53.7 Å². The van der Waals surface area contributed by atoms with Crippen molar-refractivity contribution in [2.45, 2.75) is 79.2 Å². The molecule has 0 fully saturated rings. The van der Waals surface area contributed by atoms with E-state index in [1.165, 1.54) is 0 Å². The lowest BCUT2D eigenvalue weighted by Gasteiger charge is -2.14. The number of rotatable bonds is 29. The Kier molecular flexibility index (Phi) is 28.9. The average Bonchev–Trinajstić information content (AvgIpc) is 1.65. The summed E-state index contributed by atoms with van der Waals surface area (Å²) in [5.74, 6) is 6.90. The van der Waals surface area contributed by atoms with Crippen LogP contribution in [0.5, 0.6) is 5.75 Å². The summed E-state index contributed by atoms with van der Waals surface area (Å²) in [4.78, 5) is 97.2. The fourth-order valence-corrected chi connectivity index (χ4v) is 12.5. The Labute approximate surface area is 662 Å². The van der Waals surface area contributed by atoms with Crippen molar-refractivity contribution in [3.63, 3.8) is 0 Å². The van der Waals surface area contributed by atoms with Crippen LogP contribution in [0.2, 0.25) is 5.02 Å². The predicted molar refractivity (Wildman–Crippen MR) is 452 cm³/mol. The number of ketones is 4. The summed E-state index contributed by atoms with van der Waals surface area (Å²) >= 11 is 7.67. The second kappa shape index (κ2) is 39.6. The van der Waals surface area contributed by atoms with Crippen LogP contribution in [0.15, 0.2) is 206 Å². The number of nitrogens with one attached hydrogen (secondary N) is 5. The van der Waals surface area contributed by atoms with Crippen molar-refractivity contribution in [3.05, 3.63) is 272 Å². The Morgan fingerprint density at radius 3 is 1.18 bits per heavy atom. The third kappa shape index (κ3) is 25.4. The van der Waals surface area contributed by atoms with Crippen molar-refractivity contribution < 1.29 is 23.9 Å². The monoisotopic (exact) mass is 1540 g/mol. The molecule has 0 aliphatic rings. The number of hydrogen-bond acceptors (Lipinski definition) is 23. The summed E-state index contributed by atoms with van der Waals surface area (Å²) in [5, 5.41) is 20.6. The quantitative estimate of drug-likeness (QED) is 0.0291. The lowest BCUT2D eigenvalue weighted by atomic mass is 10.0. The number of aryl methyl sites for hydroxylation is 4. The van der Waals surface area contributed by atoms with E-state index in [4.69, 9.17) is 16.3 Å². The van der Waals surface area contributed by atoms with Gasteiger partial charge in [0.15, 0.2) is 5.78 Å². The van der Waals surface area contributed by atoms with Crippen LogP contribution in [0, 0.1) is 27.7 Å². The van der Waals surface area contributed by atoms with Crippen LogP contribution in [-0.2, 0) is 70.7 Å². The molecule has 5 N–H and O–H groups in total. The number of benzene rings is 6. The number of anilines is 12. The molecular weight excluding hydrogens is 1450 g/mol. The third-order valence-electron chi connectivity index (χ3n) is 17.2. The van der Waals surface area contributed by atoms with Gasteiger partial charge in [0.2, 0.25) is 23.8 Å². The molecule has 13 aromatic rings. The minimum atomic E-state index is 0.0916. The Hall–Kier alpha value is -12.7. The molecule has 7 heterocycles. The largest absolute Gasteiger partial charge is 0.496 e. The van der Waals surface area contributed by atoms with Crippen molar-refractivity contribution in [2.24, 2.45) is 0 Å². The van der Waals surface area contributed by atoms with Crippen LogP contribution in [0.3, 0.4) is 0 Å². The fraction of sp³-hybridized carbons (Fsp3) is 0.244. The van der Waals surface area contributed by atoms with Gasteiger partial charge in [0.05, 0.1) is 13.7 Å². The van der Waals surface area contributed by atoms with Gasteiger partial charge in [-0.25, -0.2) is 19.9 Å². The first-order valence-electron chi connectivity index (χ1n) is 36.3. The Morgan fingerprint density at radius 1 is 0.429 bits per heavy atom. The minimum absolute atomic E-state index is 0.0916. The molecule has 0 aliphatic heterocycles. The highest BCUT2D eigenvalue weighted by Gasteiger charge is 2.16. The minimum Gasteiger partial charge on any atom is -0.496 e. The van der Waals surface area contributed by atoms with E-state index in [0.717, 1.165) is 118 Å². The van der Waals surface area contributed by atoms with Gasteiger partial charge in [-0.3, -0.25) is 23.9 Å². The van der Waals surface area contributed by atoms with Gasteiger partial charge in [-0.05, 0) is 146 Å². The highest BCUT2D eigenvalue weighted by Crippen LogP contribution is 2.27. The maximum Gasteiger partial charge on any atom is 0.229 e. The van der Waals surface area contributed by atoms with E-state index in [0.29, 0.717) is 73.1 Å². The molecule has 0 spiro atoms. The van der Waals surface area contributed by atoms with E-state index >= 15 is 0 Å². The molecule has 24 nitrogen and oxygen atoms in total. The van der Waals surface area contributed by atoms with Crippen molar-refractivity contribution in [1.29, 1.82) is 0 Å². The Morgan fingerprint density at radius 2 is 0.812 bits per heavy atom. The summed E-state index contributed by atoms with van der Waals surface area (Å²) in [6.45, 7) is 8.06. The first kappa shape index (κ1) is 81.8. The molecule has 0 aliphatic carbocycles. The van der Waals surface area contributed by atoms with Crippen LogP contribution in [0.1, 0.15) is 61.0 Å². The van der Waals surface area contributed by atoms with Gasteiger partial charge >= 0.3 is 0 Å². The molecule has 0 atom stereocenters. The van der Waals surface area contributed by atoms with Gasteiger partial charge in [0.25, 0.3) is 0 Å². The lowest BCUT2D eigenvalue weighted by molar-refractivity contribution is -0.119. The smallest absolute Gasteiger partial charge is 0.229 e. The molecule has 112 heavy (non-hydrogen) atoms. The van der Waals surface area contributed by atoms with E-state index in [2.05, 4.69) is 71.2 Å². The number of Topliss-reactive ketones (excluding diaryl/α,β-unsaturated/α-hetero) is 4. The molecule has 6 aromatic carbocycles. The van der Waals surface area contributed by atoms with Gasteiger partial charge < -0.3 is 50.6 Å². The summed E-state index contributed by atoms with van der Waals surface area (Å²) in [7, 11) is 17.2. The molecule has 576 valence electrons. The molecule has 26 heteroatoms. The summed E-state index contributed by atoms with van der Waals surface area (Å²) < 4.78 is 6.96. The molecule has 0 unspecified atom stereocenters. The van der Waals surface area contributed by atoms with Crippen molar-refractivity contribution in [1.82, 2.24) is 54.6 Å². The summed E-state index contributed by atoms with van der Waals surface area (Å²) in [6.07, 6.45) is 8.16. The average molecular weight is 1540 g/mol. The second-order valence-corrected chi connectivity index (χ2v) is 29.1. The summed E-state index contributed by atoms with van der Waals surface area (Å²) in [6, 6.07) is 58.0. The van der Waals surface area contributed by atoms with Gasteiger partial charge in [0, 0.05) is 216 Å². The van der Waals surface area contributed by atoms with Crippen molar-refractivity contribution in [2.75, 3.05) is 104 Å². The number of methoxy groups -OCH3 is 1. The SMILES string of the molecule is COc1ccc(Cl)cc1CC(=O)Cc1ccc(Nc2nc(C)cc(N(C)C)n2)cc1.Cc1cc(N(C)C)nc(Nc2ccc(CC(=O)Cc3c[nH]c4ccccc34)cc2)n1.Cc1cc(N(C)C)nc(Nc2ccc(CC(=O)Cc3cccs3)cc2)n1.Cc1cc(N(C)C)nc(Nc2ccc(CC(=O)Cn3cccn3)cc2)n1. The molecule has 13 rings (SSSR count). The third-order valence-corrected chi connectivity index (χ3v) is 18.3. The number of para-hydroxylation sites is 1. The normalized spacial score (nSPS) is 10.7. The first-order chi connectivity index (χ1) is 53.8. The van der Waals surface area contributed by atoms with Crippen LogP contribution in [-0.4, -0.2) is 141 Å². The van der Waals surface area contributed by atoms with Crippen LogP contribution >= 0.6 is 22.9 Å². The first-order valence-corrected chi connectivity index (χ1v) is 37.6. The highest BCUT2D eigenvalue weighted by molar-refractivity contribution is 7.10. The number of nitrogens with zero attached hydrogens (tertiary/aromatic N) is 14. The molecule has 0 bridgehead atoms. The molecule has 0 radical (unpaired) electrons. The number of aromatic nitrogens is 11. The maximum atomic E-state index is 12.6. The number of hydrogen-bond donors (Lipinski definition) is 5. The number of H-pyrrole nitrogens is 1. The predicted octanol–water partition coefficient (Wildman–Crippen LogP) is 15.7. The fourth-order valence-electron chi connectivity index (χ4n) is 11.6. The van der Waals surface area contributed by atoms with Gasteiger partial charge in [-0.2, -0.15) is 25.0 Å². The highest BCUT2D eigenvalue weighted by atomic mass is 35.5. The van der Waals surface area contributed by atoms with Crippen molar-refractivity contribution in [3.8, 4) is 5.75 Å². The van der Waals surface area contributed by atoms with Crippen molar-refractivity contribution >= 4 is 127 Å². The number of ether oxygens (including phenoxy) is 1. The van der Waals surface area contributed by atoms with E-state index in [9.17, 15) is 19.2 Å². The topological polar surface area (TPSA) is 275 Å². The zero-order valence-electron chi connectivity index (χ0n) is 65.4. The Balaban J connectivity index is 0.000000159. The van der Waals surface area contributed by atoms with E-state index in [1.807, 2.05) is 279 Å². The Bertz CT molecular complexity index is 5120. The van der Waals surface area contributed by atoms with Crippen LogP contribution < -0.4 is 45.6 Å². The van der Waals surface area contributed by atoms with Gasteiger partial charge in [-0.15, -0.1) is 11.3 Å². The number of halogens is 1. The number of carbonyl (C=O) groups excluding carboxylic acids is 4. The standard InChI is InChI=1S/C24H25N5O.C23H25ClN4O2.C20H22N4OS.C19H22N6O/c1-16-12-23(29(2)3)28-24(26-16)27-19-10-8-17(9-11-19)13-20(30)14-18-15-25-22-7-5-4-6-21(18)22;1-15-11-22(28(2)3)27-23(25-15)26-19-8-5-16(6-9-19)12-20(29)14-17-13-18(24)7-10-21(17)30-4;1-14-11-19(24(2)3)23-20(21-14)22-16-8-6-15(7-9-16)12-17(25)13-18-5-4-10-26-18;1-14-11-18(24(2)3)23-19(21-14)22-16-7-5-15(6-8-16)12-17(26)13-25-10-4-9-20-25/h4-12,15,25H,13-14H2,1-3H3,(H,26,27,28);5-11,13H,12,14H2,1-4H3,(H,25,26,27);2*4-11H,12-13H2,1-3H3,(H,21,22,23). The number of thiophene rings is 1. The number of aromatic amines is 1. The number of carbonyl (C=O) groups is 4. The molecule has 0 amide bonds. The number of fused-ring (bicyclic) bond motifs is 1. The molecular formula is C86H94ClN19O5S. The zero-order valence-corrected chi connectivity index (χ0v) is 66.9. The summed E-state index contributed by atoms with van der Waals surface area (Å²) in [5.41, 5.74) is 13.9. The lowest BCUT2D eigenvalue weighted by Crippen LogP contribution is -2.13. The van der Waals surface area contributed by atoms with E-state index < -0.39 is 0 Å². The van der Waals surface area contributed by atoms with Gasteiger partial charge in [0.1, 0.15) is 46.4 Å². The van der Waals surface area contributed by atoms with Crippen LogP contribution in [0.25, 0.3) is 10.9 Å². The molecule has 0 saturated heterocycles. The van der Waals surface area contributed by atoms with E-state index in [-0.39, 0.29) is 36.1 Å². The second-order valence-electron chi connectivity index (χ2n) is 27.6. The molecule has 7 aromatic heterocycles. The molecule has 0 saturated carbocycles. The van der Waals surface area contributed by atoms with Crippen LogP contribution in [0.4, 0.5) is 69.8 Å².